The molecule has 0 amide bonds. The van der Waals surface area contributed by atoms with E-state index in [0.29, 0.717) is 11.2 Å². The smallest absolute Gasteiger partial charge is 0.488 e. The lowest BCUT2D eigenvalue weighted by atomic mass is 9.83. The first-order valence-corrected chi connectivity index (χ1v) is 5.85. The molecule has 0 atom stereocenters. The van der Waals surface area contributed by atoms with Crippen LogP contribution in [0, 0.1) is 5.82 Å². The van der Waals surface area contributed by atoms with Gasteiger partial charge in [-0.2, -0.15) is 0 Å². The van der Waals surface area contributed by atoms with Crippen molar-refractivity contribution in [3.8, 4) is 5.75 Å². The molecule has 0 unspecified atom stereocenters. The molecule has 88 valence electrons. The molecule has 0 aliphatic rings. The molecule has 2 rings (SSSR count). The summed E-state index contributed by atoms with van der Waals surface area (Å²) < 4.78 is 18.2. The monoisotopic (exact) mass is 252 g/mol. The predicted molar refractivity (Wildman–Crippen MR) is 64.9 cm³/mol. The molecule has 6 heteroatoms. The lowest BCUT2D eigenvalue weighted by Gasteiger charge is -2.03. The van der Waals surface area contributed by atoms with Crippen LogP contribution in [0.5, 0.6) is 5.75 Å². The fourth-order valence-corrected chi connectivity index (χ4v) is 2.13. The zero-order chi connectivity index (χ0) is 12.3. The molecule has 0 radical (unpaired) electrons. The SMILES string of the molecule is OB(O)c1csc(COc2cccc(F)c2)c1. The van der Waals surface area contributed by atoms with Crippen molar-refractivity contribution in [2.24, 2.45) is 0 Å². The molecular weight excluding hydrogens is 242 g/mol. The number of halogens is 1. The third-order valence-corrected chi connectivity index (χ3v) is 3.08. The predicted octanol–water partition coefficient (Wildman–Crippen LogP) is 1.15. The first kappa shape index (κ1) is 12.1. The molecule has 1 heterocycles. The first-order valence-electron chi connectivity index (χ1n) is 4.97. The maximum absolute atomic E-state index is 12.9. The Labute approximate surface area is 102 Å². The Morgan fingerprint density at radius 1 is 1.29 bits per heavy atom. The van der Waals surface area contributed by atoms with E-state index in [1.165, 1.54) is 23.5 Å². The molecule has 1 aromatic carbocycles. The van der Waals surface area contributed by atoms with Crippen LogP contribution in [-0.4, -0.2) is 17.2 Å². The summed E-state index contributed by atoms with van der Waals surface area (Å²) in [5.74, 6) is 0.102. The summed E-state index contributed by atoms with van der Waals surface area (Å²) in [6.45, 7) is 0.279. The summed E-state index contributed by atoms with van der Waals surface area (Å²) in [4.78, 5) is 0.845. The Balaban J connectivity index is 1.97. The van der Waals surface area contributed by atoms with Crippen molar-refractivity contribution in [2.45, 2.75) is 6.61 Å². The summed E-state index contributed by atoms with van der Waals surface area (Å²) >= 11 is 1.36. The summed E-state index contributed by atoms with van der Waals surface area (Å²) in [6, 6.07) is 7.53. The van der Waals surface area contributed by atoms with Crippen molar-refractivity contribution in [3.05, 3.63) is 46.4 Å². The zero-order valence-electron chi connectivity index (χ0n) is 8.84. The van der Waals surface area contributed by atoms with Gasteiger partial charge in [-0.15, -0.1) is 11.3 Å². The highest BCUT2D eigenvalue weighted by Gasteiger charge is 2.13. The highest BCUT2D eigenvalue weighted by Crippen LogP contribution is 2.15. The number of ether oxygens (including phenoxy) is 1. The summed E-state index contributed by atoms with van der Waals surface area (Å²) in [6.07, 6.45) is 0. The summed E-state index contributed by atoms with van der Waals surface area (Å²) in [7, 11) is -1.46. The molecule has 0 bridgehead atoms. The van der Waals surface area contributed by atoms with Gasteiger partial charge in [-0.05, 0) is 29.0 Å². The molecule has 1 aromatic heterocycles. The minimum atomic E-state index is -1.46. The fraction of sp³-hybridized carbons (Fsp3) is 0.0909. The van der Waals surface area contributed by atoms with E-state index in [0.717, 1.165) is 4.88 Å². The molecule has 0 spiro atoms. The van der Waals surface area contributed by atoms with E-state index in [2.05, 4.69) is 0 Å². The van der Waals surface area contributed by atoms with E-state index in [1.54, 1.807) is 23.6 Å². The standard InChI is InChI=1S/C11H10BFO3S/c13-9-2-1-3-10(5-9)16-6-11-4-8(7-17-11)12(14)15/h1-5,7,14-15H,6H2. The summed E-state index contributed by atoms with van der Waals surface area (Å²) in [5, 5.41) is 19.5. The summed E-state index contributed by atoms with van der Waals surface area (Å²) in [5.41, 5.74) is 0.438. The van der Waals surface area contributed by atoms with Gasteiger partial charge >= 0.3 is 7.12 Å². The Morgan fingerprint density at radius 2 is 2.12 bits per heavy atom. The second kappa shape index (κ2) is 5.31. The van der Waals surface area contributed by atoms with E-state index in [-0.39, 0.29) is 12.4 Å². The highest BCUT2D eigenvalue weighted by molar-refractivity contribution is 7.11. The molecule has 0 fully saturated rings. The van der Waals surface area contributed by atoms with E-state index in [4.69, 9.17) is 14.8 Å². The molecule has 2 N–H and O–H groups in total. The van der Waals surface area contributed by atoms with E-state index < -0.39 is 7.12 Å². The van der Waals surface area contributed by atoms with Crippen LogP contribution in [0.15, 0.2) is 35.7 Å². The molecule has 0 aliphatic carbocycles. The van der Waals surface area contributed by atoms with Gasteiger partial charge in [0.05, 0.1) is 0 Å². The van der Waals surface area contributed by atoms with Gasteiger partial charge < -0.3 is 14.8 Å². The third kappa shape index (κ3) is 3.29. The topological polar surface area (TPSA) is 49.7 Å². The lowest BCUT2D eigenvalue weighted by Crippen LogP contribution is -2.27. The Bertz CT molecular complexity index is 501. The third-order valence-electron chi connectivity index (χ3n) is 2.15. The van der Waals surface area contributed by atoms with Crippen molar-refractivity contribution >= 4 is 23.9 Å². The molecule has 3 nitrogen and oxygen atoms in total. The average molecular weight is 252 g/mol. The van der Waals surface area contributed by atoms with Crippen LogP contribution in [0.2, 0.25) is 0 Å². The van der Waals surface area contributed by atoms with Crippen molar-refractivity contribution in [1.29, 1.82) is 0 Å². The molecule has 0 aliphatic heterocycles. The Kier molecular flexibility index (Phi) is 3.78. The van der Waals surface area contributed by atoms with Crippen molar-refractivity contribution in [1.82, 2.24) is 0 Å². The quantitative estimate of drug-likeness (QED) is 0.802. The minimum absolute atomic E-state index is 0.279. The number of rotatable bonds is 4. The van der Waals surface area contributed by atoms with Crippen LogP contribution < -0.4 is 10.2 Å². The second-order valence-electron chi connectivity index (χ2n) is 3.47. The van der Waals surface area contributed by atoms with Gasteiger partial charge in [0, 0.05) is 10.9 Å². The maximum Gasteiger partial charge on any atom is 0.489 e. The van der Waals surface area contributed by atoms with Crippen LogP contribution in [0.25, 0.3) is 0 Å². The van der Waals surface area contributed by atoms with E-state index in [9.17, 15) is 4.39 Å². The molecule has 0 saturated carbocycles. The lowest BCUT2D eigenvalue weighted by molar-refractivity contribution is 0.308. The molecule has 17 heavy (non-hydrogen) atoms. The van der Waals surface area contributed by atoms with Crippen LogP contribution in [0.4, 0.5) is 4.39 Å². The average Bonchev–Trinajstić information content (AvgIpc) is 2.75. The van der Waals surface area contributed by atoms with Crippen LogP contribution in [0.3, 0.4) is 0 Å². The van der Waals surface area contributed by atoms with Crippen molar-refractivity contribution in [2.75, 3.05) is 0 Å². The van der Waals surface area contributed by atoms with E-state index >= 15 is 0 Å². The first-order chi connectivity index (χ1) is 8.15. The normalized spacial score (nSPS) is 10.3. The van der Waals surface area contributed by atoms with Gasteiger partial charge in [0.15, 0.2) is 0 Å². The van der Waals surface area contributed by atoms with Crippen LogP contribution in [0.1, 0.15) is 4.88 Å². The highest BCUT2D eigenvalue weighted by atomic mass is 32.1. The van der Waals surface area contributed by atoms with Gasteiger partial charge in [0.2, 0.25) is 0 Å². The molecule has 0 saturated heterocycles. The van der Waals surface area contributed by atoms with E-state index in [1.807, 2.05) is 0 Å². The number of hydrogen-bond acceptors (Lipinski definition) is 4. The van der Waals surface area contributed by atoms with Gasteiger partial charge in [-0.25, -0.2) is 4.39 Å². The van der Waals surface area contributed by atoms with Crippen molar-refractivity contribution < 1.29 is 19.2 Å². The zero-order valence-corrected chi connectivity index (χ0v) is 9.65. The Morgan fingerprint density at radius 3 is 2.76 bits per heavy atom. The molecule has 2 aromatic rings. The molecular formula is C11H10BFO3S. The van der Waals surface area contributed by atoms with Gasteiger partial charge in [0.1, 0.15) is 18.2 Å². The number of thiophene rings is 1. The fourth-order valence-electron chi connectivity index (χ4n) is 1.32. The van der Waals surface area contributed by atoms with Gasteiger partial charge in [-0.3, -0.25) is 0 Å². The number of benzene rings is 1. The minimum Gasteiger partial charge on any atom is -0.488 e. The van der Waals surface area contributed by atoms with Crippen LogP contribution >= 0.6 is 11.3 Å². The van der Waals surface area contributed by atoms with Gasteiger partial charge in [-0.1, -0.05) is 6.07 Å². The second-order valence-corrected chi connectivity index (χ2v) is 4.46. The Hall–Kier alpha value is -1.37. The maximum atomic E-state index is 12.9. The van der Waals surface area contributed by atoms with Crippen molar-refractivity contribution in [3.63, 3.8) is 0 Å². The largest absolute Gasteiger partial charge is 0.489 e. The number of hydrogen-bond donors (Lipinski definition) is 2. The van der Waals surface area contributed by atoms with Crippen LogP contribution in [-0.2, 0) is 6.61 Å². The van der Waals surface area contributed by atoms with Gasteiger partial charge in [0.25, 0.3) is 0 Å².